The first-order valence-corrected chi connectivity index (χ1v) is 11.3. The van der Waals surface area contributed by atoms with E-state index in [9.17, 15) is 14.4 Å². The Morgan fingerprint density at radius 3 is 2.10 bits per heavy atom. The number of hydrogen-bond donors (Lipinski definition) is 0. The second-order valence-corrected chi connectivity index (χ2v) is 9.72. The van der Waals surface area contributed by atoms with Gasteiger partial charge in [-0.05, 0) is 73.1 Å². The molecular formula is C23H20BrClN2O3. The molecule has 0 radical (unpaired) electrons. The van der Waals surface area contributed by atoms with E-state index < -0.39 is 0 Å². The third-order valence-corrected chi connectivity index (χ3v) is 7.50. The molecule has 3 fully saturated rings. The molecule has 1 aliphatic heterocycles. The molecule has 7 heteroatoms. The maximum atomic E-state index is 13.4. The van der Waals surface area contributed by atoms with Crippen LogP contribution < -0.4 is 0 Å². The minimum absolute atomic E-state index is 0.140. The van der Waals surface area contributed by atoms with Crippen LogP contribution in [0.5, 0.6) is 0 Å². The monoisotopic (exact) mass is 486 g/mol. The third-order valence-electron chi connectivity index (χ3n) is 6.72. The zero-order chi connectivity index (χ0) is 21.0. The number of rotatable bonds is 4. The van der Waals surface area contributed by atoms with Crippen LogP contribution in [-0.2, 0) is 16.1 Å². The van der Waals surface area contributed by atoms with Gasteiger partial charge in [0.25, 0.3) is 17.7 Å². The quantitative estimate of drug-likeness (QED) is 0.588. The molecule has 2 bridgehead atoms. The van der Waals surface area contributed by atoms with E-state index in [2.05, 4.69) is 15.9 Å². The molecule has 2 aromatic rings. The van der Waals surface area contributed by atoms with Gasteiger partial charge < -0.3 is 0 Å². The summed E-state index contributed by atoms with van der Waals surface area (Å²) in [6, 6.07) is 14.0. The summed E-state index contributed by atoms with van der Waals surface area (Å²) in [5.74, 6) is -0.858. The molecule has 0 N–H and O–H groups in total. The molecule has 2 aromatic carbocycles. The summed E-state index contributed by atoms with van der Waals surface area (Å²) in [5, 5.41) is 2.97. The third kappa shape index (κ3) is 3.17. The molecule has 2 aliphatic carbocycles. The highest BCUT2D eigenvalue weighted by Crippen LogP contribution is 2.56. The number of benzene rings is 2. The molecule has 2 saturated carbocycles. The van der Waals surface area contributed by atoms with Crippen molar-refractivity contribution < 1.29 is 14.4 Å². The van der Waals surface area contributed by atoms with Gasteiger partial charge in [0.2, 0.25) is 0 Å². The molecular weight excluding hydrogens is 468 g/mol. The smallest absolute Gasteiger partial charge is 0.272 e. The van der Waals surface area contributed by atoms with Crippen molar-refractivity contribution in [1.29, 1.82) is 0 Å². The van der Waals surface area contributed by atoms with Crippen molar-refractivity contribution in [3.8, 4) is 0 Å². The largest absolute Gasteiger partial charge is 0.273 e. The lowest BCUT2D eigenvalue weighted by molar-refractivity contribution is -0.156. The van der Waals surface area contributed by atoms with Crippen molar-refractivity contribution in [2.75, 3.05) is 0 Å². The van der Waals surface area contributed by atoms with Gasteiger partial charge in [0.15, 0.2) is 0 Å². The zero-order valence-corrected chi connectivity index (χ0v) is 18.5. The predicted molar refractivity (Wildman–Crippen MR) is 115 cm³/mol. The molecule has 5 nitrogen and oxygen atoms in total. The van der Waals surface area contributed by atoms with Crippen LogP contribution in [0.15, 0.2) is 53.0 Å². The van der Waals surface area contributed by atoms with E-state index in [1.54, 1.807) is 24.3 Å². The van der Waals surface area contributed by atoms with E-state index in [-0.39, 0.29) is 47.9 Å². The van der Waals surface area contributed by atoms with Crippen molar-refractivity contribution in [2.24, 2.45) is 23.7 Å². The Balaban J connectivity index is 1.51. The van der Waals surface area contributed by atoms with Crippen LogP contribution in [0, 0.1) is 23.7 Å². The van der Waals surface area contributed by atoms with Crippen molar-refractivity contribution in [1.82, 2.24) is 10.0 Å². The Morgan fingerprint density at radius 2 is 1.53 bits per heavy atom. The lowest BCUT2D eigenvalue weighted by Gasteiger charge is -2.31. The first-order valence-electron chi connectivity index (χ1n) is 10.1. The van der Waals surface area contributed by atoms with Crippen LogP contribution in [-0.4, -0.2) is 27.7 Å². The Morgan fingerprint density at radius 1 is 0.967 bits per heavy atom. The summed E-state index contributed by atoms with van der Waals surface area (Å²) < 4.78 is 0.918. The van der Waals surface area contributed by atoms with Crippen LogP contribution in [0.3, 0.4) is 0 Å². The summed E-state index contributed by atoms with van der Waals surface area (Å²) in [7, 11) is 0. The zero-order valence-electron chi connectivity index (χ0n) is 16.1. The molecule has 0 unspecified atom stereocenters. The number of amides is 3. The standard InChI is InChI=1S/C23H20BrClN2O3/c24-17-7-1-13(2-8-17)12-26(21(28)14-5-9-18(25)10-6-14)27-22(29)19-15-3-4-16(11-15)20(19)23(27)30/h1-2,5-10,15-16,19-20H,3-4,11-12H2/t15-,16-,19-,20-/m0/s1. The molecule has 0 aromatic heterocycles. The molecule has 154 valence electrons. The minimum Gasteiger partial charge on any atom is -0.272 e. The van der Waals surface area contributed by atoms with E-state index in [1.807, 2.05) is 24.3 Å². The van der Waals surface area contributed by atoms with Crippen LogP contribution in [0.2, 0.25) is 5.02 Å². The van der Waals surface area contributed by atoms with Gasteiger partial charge in [0, 0.05) is 15.1 Å². The molecule has 1 heterocycles. The lowest BCUT2D eigenvalue weighted by atomic mass is 9.81. The van der Waals surface area contributed by atoms with Crippen molar-refractivity contribution in [3.63, 3.8) is 0 Å². The number of carbonyl (C=O) groups excluding carboxylic acids is 3. The van der Waals surface area contributed by atoms with Crippen molar-refractivity contribution in [3.05, 3.63) is 69.2 Å². The van der Waals surface area contributed by atoms with Gasteiger partial charge in [0.05, 0.1) is 18.4 Å². The molecule has 4 atom stereocenters. The summed E-state index contributed by atoms with van der Waals surface area (Å²) in [6.45, 7) is 0.140. The van der Waals surface area contributed by atoms with E-state index >= 15 is 0 Å². The van der Waals surface area contributed by atoms with Crippen molar-refractivity contribution in [2.45, 2.75) is 25.8 Å². The van der Waals surface area contributed by atoms with Gasteiger partial charge in [-0.15, -0.1) is 0 Å². The molecule has 5 rings (SSSR count). The first-order chi connectivity index (χ1) is 14.4. The maximum absolute atomic E-state index is 13.4. The predicted octanol–water partition coefficient (Wildman–Crippen LogP) is 4.69. The van der Waals surface area contributed by atoms with Gasteiger partial charge >= 0.3 is 0 Å². The van der Waals surface area contributed by atoms with Gasteiger partial charge in [0.1, 0.15) is 0 Å². The first kappa shape index (κ1) is 19.8. The van der Waals surface area contributed by atoms with Crippen LogP contribution in [0.1, 0.15) is 35.2 Å². The number of nitrogens with zero attached hydrogens (tertiary/aromatic N) is 2. The number of carbonyl (C=O) groups is 3. The van der Waals surface area contributed by atoms with Gasteiger partial charge in [-0.2, -0.15) is 5.01 Å². The molecule has 0 spiro atoms. The number of hydrogen-bond acceptors (Lipinski definition) is 3. The highest BCUT2D eigenvalue weighted by atomic mass is 79.9. The van der Waals surface area contributed by atoms with Gasteiger partial charge in [-0.25, -0.2) is 5.01 Å². The Labute approximate surface area is 188 Å². The van der Waals surface area contributed by atoms with Crippen molar-refractivity contribution >= 4 is 45.3 Å². The second-order valence-electron chi connectivity index (χ2n) is 8.37. The molecule has 3 aliphatic rings. The second kappa shape index (κ2) is 7.50. The minimum atomic E-state index is -0.386. The normalized spacial score (nSPS) is 26.9. The highest BCUT2D eigenvalue weighted by Gasteiger charge is 2.62. The van der Waals surface area contributed by atoms with Crippen LogP contribution in [0.4, 0.5) is 0 Å². The molecule has 30 heavy (non-hydrogen) atoms. The van der Waals surface area contributed by atoms with Crippen LogP contribution >= 0.6 is 27.5 Å². The number of halogens is 2. The highest BCUT2D eigenvalue weighted by molar-refractivity contribution is 9.10. The topological polar surface area (TPSA) is 57.7 Å². The Bertz CT molecular complexity index is 996. The fraction of sp³-hybridized carbons (Fsp3) is 0.348. The maximum Gasteiger partial charge on any atom is 0.273 e. The average Bonchev–Trinajstić information content (AvgIpc) is 3.42. The number of hydrazine groups is 1. The molecule has 1 saturated heterocycles. The number of fused-ring (bicyclic) bond motifs is 5. The summed E-state index contributed by atoms with van der Waals surface area (Å²) in [6.07, 6.45) is 2.95. The summed E-state index contributed by atoms with van der Waals surface area (Å²) in [4.78, 5) is 40.1. The van der Waals surface area contributed by atoms with E-state index in [1.165, 1.54) is 5.01 Å². The Hall–Kier alpha value is -2.18. The van der Waals surface area contributed by atoms with E-state index in [0.29, 0.717) is 10.6 Å². The van der Waals surface area contributed by atoms with Gasteiger partial charge in [-0.1, -0.05) is 39.7 Å². The number of imide groups is 1. The lowest BCUT2D eigenvalue weighted by Crippen LogP contribution is -2.50. The Kier molecular flexibility index (Phi) is 4.94. The summed E-state index contributed by atoms with van der Waals surface area (Å²) >= 11 is 9.38. The molecule has 3 amide bonds. The average molecular weight is 488 g/mol. The van der Waals surface area contributed by atoms with Crippen LogP contribution in [0.25, 0.3) is 0 Å². The summed E-state index contributed by atoms with van der Waals surface area (Å²) in [5.41, 5.74) is 1.22. The fourth-order valence-electron chi connectivity index (χ4n) is 5.37. The SMILES string of the molecule is O=C(c1ccc(Cl)cc1)N(Cc1ccc(Br)cc1)N1C(=O)[C@H]2[C@H]3CC[C@@H](C3)[C@@H]2C1=O. The fourth-order valence-corrected chi connectivity index (χ4v) is 5.76. The van der Waals surface area contributed by atoms with E-state index in [0.717, 1.165) is 34.3 Å². The van der Waals surface area contributed by atoms with E-state index in [4.69, 9.17) is 11.6 Å². The van der Waals surface area contributed by atoms with Gasteiger partial charge in [-0.3, -0.25) is 14.4 Å².